The van der Waals surface area contributed by atoms with E-state index in [9.17, 15) is 0 Å². The van der Waals surface area contributed by atoms with Gasteiger partial charge in [-0.15, -0.1) is 10.2 Å². The molecule has 2 aromatic heterocycles. The monoisotopic (exact) mass is 312 g/mol. The Kier molecular flexibility index (Phi) is 4.46. The van der Waals surface area contributed by atoms with Crippen LogP contribution in [0.25, 0.3) is 0 Å². The number of rotatable bonds is 5. The van der Waals surface area contributed by atoms with Crippen LogP contribution < -0.4 is 10.1 Å². The van der Waals surface area contributed by atoms with Crippen LogP contribution in [0.3, 0.4) is 0 Å². The lowest BCUT2D eigenvalue weighted by atomic mass is 10.3. The van der Waals surface area contributed by atoms with Gasteiger partial charge in [-0.05, 0) is 48.0 Å². The molecule has 0 bridgehead atoms. The van der Waals surface area contributed by atoms with Gasteiger partial charge in [0, 0.05) is 29.2 Å². The van der Waals surface area contributed by atoms with Gasteiger partial charge in [-0.2, -0.15) is 0 Å². The second-order valence-electron chi connectivity index (χ2n) is 4.53. The molecule has 0 atom stereocenters. The molecule has 1 N–H and O–H groups in total. The summed E-state index contributed by atoms with van der Waals surface area (Å²) < 4.78 is 5.57. The minimum absolute atomic E-state index is 0.432. The summed E-state index contributed by atoms with van der Waals surface area (Å²) in [5.74, 6) is 1.11. The van der Waals surface area contributed by atoms with Crippen LogP contribution in [-0.4, -0.2) is 15.2 Å². The summed E-state index contributed by atoms with van der Waals surface area (Å²) in [4.78, 5) is 3.96. The van der Waals surface area contributed by atoms with Gasteiger partial charge in [0.2, 0.25) is 5.88 Å². The van der Waals surface area contributed by atoms with Crippen LogP contribution in [0.4, 0.5) is 11.5 Å². The van der Waals surface area contributed by atoms with E-state index < -0.39 is 0 Å². The van der Waals surface area contributed by atoms with Crippen LogP contribution in [-0.2, 0) is 6.61 Å². The summed E-state index contributed by atoms with van der Waals surface area (Å²) in [5, 5.41) is 11.9. The van der Waals surface area contributed by atoms with Gasteiger partial charge in [0.05, 0.1) is 0 Å². The van der Waals surface area contributed by atoms with Gasteiger partial charge in [-0.25, -0.2) is 0 Å². The highest BCUT2D eigenvalue weighted by molar-refractivity contribution is 6.30. The molecule has 0 aliphatic heterocycles. The van der Waals surface area contributed by atoms with E-state index in [4.69, 9.17) is 16.3 Å². The van der Waals surface area contributed by atoms with Crippen molar-refractivity contribution in [3.8, 4) is 5.88 Å². The van der Waals surface area contributed by atoms with Gasteiger partial charge in [0.1, 0.15) is 6.61 Å². The molecule has 0 unspecified atom stereocenters. The number of anilines is 2. The normalized spacial score (nSPS) is 10.2. The van der Waals surface area contributed by atoms with Crippen molar-refractivity contribution in [2.75, 3.05) is 5.32 Å². The lowest BCUT2D eigenvalue weighted by Gasteiger charge is -2.07. The molecule has 22 heavy (non-hydrogen) atoms. The van der Waals surface area contributed by atoms with E-state index in [1.807, 2.05) is 42.5 Å². The Bertz CT molecular complexity index is 717. The Morgan fingerprint density at radius 3 is 2.36 bits per heavy atom. The fraction of sp³-hybridized carbons (Fsp3) is 0.0625. The predicted octanol–water partition coefficient (Wildman–Crippen LogP) is 3.85. The molecular formula is C16H13ClN4O. The summed E-state index contributed by atoms with van der Waals surface area (Å²) >= 11 is 5.84. The third kappa shape index (κ3) is 3.93. The molecule has 0 amide bonds. The largest absolute Gasteiger partial charge is 0.472 e. The Morgan fingerprint density at radius 1 is 0.909 bits per heavy atom. The standard InChI is InChI=1S/C16H13ClN4O/c17-13-1-3-14(4-2-13)19-15-5-6-16(21-20-15)22-11-12-7-9-18-10-8-12/h1-10H,11H2,(H,19,20). The number of ether oxygens (including phenoxy) is 1. The summed E-state index contributed by atoms with van der Waals surface area (Å²) in [7, 11) is 0. The summed E-state index contributed by atoms with van der Waals surface area (Å²) in [6.07, 6.45) is 3.45. The van der Waals surface area contributed by atoms with E-state index in [1.165, 1.54) is 0 Å². The average molecular weight is 313 g/mol. The van der Waals surface area contributed by atoms with Crippen LogP contribution in [0.5, 0.6) is 5.88 Å². The van der Waals surface area contributed by atoms with Crippen molar-refractivity contribution < 1.29 is 4.74 Å². The number of hydrogen-bond acceptors (Lipinski definition) is 5. The van der Waals surface area contributed by atoms with Crippen molar-refractivity contribution in [2.24, 2.45) is 0 Å². The molecule has 5 nitrogen and oxygen atoms in total. The molecule has 0 saturated heterocycles. The molecule has 110 valence electrons. The number of halogens is 1. The number of nitrogens with zero attached hydrogens (tertiary/aromatic N) is 3. The molecular weight excluding hydrogens is 300 g/mol. The minimum atomic E-state index is 0.432. The molecule has 3 aromatic rings. The zero-order chi connectivity index (χ0) is 15.2. The number of nitrogens with one attached hydrogen (secondary N) is 1. The lowest BCUT2D eigenvalue weighted by molar-refractivity contribution is 0.290. The molecule has 6 heteroatoms. The first-order valence-electron chi connectivity index (χ1n) is 6.68. The second kappa shape index (κ2) is 6.87. The predicted molar refractivity (Wildman–Crippen MR) is 85.3 cm³/mol. The smallest absolute Gasteiger partial charge is 0.233 e. The number of benzene rings is 1. The maximum absolute atomic E-state index is 5.84. The van der Waals surface area contributed by atoms with Gasteiger partial charge in [0.25, 0.3) is 0 Å². The van der Waals surface area contributed by atoms with Crippen LogP contribution in [0.15, 0.2) is 60.9 Å². The summed E-state index contributed by atoms with van der Waals surface area (Å²) in [6.45, 7) is 0.432. The van der Waals surface area contributed by atoms with Gasteiger partial charge in [-0.1, -0.05) is 11.6 Å². The first-order valence-corrected chi connectivity index (χ1v) is 7.05. The van der Waals surface area contributed by atoms with Gasteiger partial charge >= 0.3 is 0 Å². The first kappa shape index (κ1) is 14.3. The Labute approximate surface area is 133 Å². The van der Waals surface area contributed by atoms with Crippen molar-refractivity contribution in [1.29, 1.82) is 0 Å². The molecule has 0 aliphatic carbocycles. The van der Waals surface area contributed by atoms with Crippen molar-refractivity contribution >= 4 is 23.1 Å². The highest BCUT2D eigenvalue weighted by Gasteiger charge is 2.00. The van der Waals surface area contributed by atoms with E-state index in [1.54, 1.807) is 18.5 Å². The van der Waals surface area contributed by atoms with Crippen LogP contribution in [0, 0.1) is 0 Å². The van der Waals surface area contributed by atoms with Crippen molar-refractivity contribution in [2.45, 2.75) is 6.61 Å². The van der Waals surface area contributed by atoms with E-state index in [-0.39, 0.29) is 0 Å². The quantitative estimate of drug-likeness (QED) is 0.775. The van der Waals surface area contributed by atoms with Gasteiger partial charge < -0.3 is 10.1 Å². The first-order chi connectivity index (χ1) is 10.8. The van der Waals surface area contributed by atoms with Crippen LogP contribution in [0.2, 0.25) is 5.02 Å². The molecule has 0 aliphatic rings. The van der Waals surface area contributed by atoms with Crippen LogP contribution >= 0.6 is 11.6 Å². The van der Waals surface area contributed by atoms with E-state index >= 15 is 0 Å². The Morgan fingerprint density at radius 2 is 1.68 bits per heavy atom. The van der Waals surface area contributed by atoms with Gasteiger partial charge in [-0.3, -0.25) is 4.98 Å². The highest BCUT2D eigenvalue weighted by Crippen LogP contribution is 2.18. The number of pyridine rings is 1. The molecule has 1 aromatic carbocycles. The van der Waals surface area contributed by atoms with E-state index in [0.29, 0.717) is 23.3 Å². The molecule has 0 saturated carbocycles. The third-order valence-corrected chi connectivity index (χ3v) is 3.14. The number of hydrogen-bond donors (Lipinski definition) is 1. The van der Waals surface area contributed by atoms with Crippen LogP contribution in [0.1, 0.15) is 5.56 Å². The zero-order valence-electron chi connectivity index (χ0n) is 11.6. The average Bonchev–Trinajstić information content (AvgIpc) is 2.57. The maximum atomic E-state index is 5.84. The third-order valence-electron chi connectivity index (χ3n) is 2.89. The lowest BCUT2D eigenvalue weighted by Crippen LogP contribution is -2.00. The topological polar surface area (TPSA) is 59.9 Å². The Balaban J connectivity index is 1.59. The molecule has 0 fully saturated rings. The Hall–Kier alpha value is -2.66. The van der Waals surface area contributed by atoms with E-state index in [0.717, 1.165) is 11.3 Å². The highest BCUT2D eigenvalue weighted by atomic mass is 35.5. The van der Waals surface area contributed by atoms with Crippen molar-refractivity contribution in [3.63, 3.8) is 0 Å². The zero-order valence-corrected chi connectivity index (χ0v) is 12.4. The summed E-state index contributed by atoms with van der Waals surface area (Å²) in [6, 6.07) is 14.7. The SMILES string of the molecule is Clc1ccc(Nc2ccc(OCc3ccncc3)nn2)cc1. The molecule has 0 spiro atoms. The van der Waals surface area contributed by atoms with Crippen molar-refractivity contribution in [3.05, 3.63) is 71.5 Å². The molecule has 3 rings (SSSR count). The summed E-state index contributed by atoms with van der Waals surface area (Å²) in [5.41, 5.74) is 1.92. The maximum Gasteiger partial charge on any atom is 0.233 e. The number of aromatic nitrogens is 3. The fourth-order valence-electron chi connectivity index (χ4n) is 1.78. The molecule has 0 radical (unpaired) electrons. The minimum Gasteiger partial charge on any atom is -0.472 e. The van der Waals surface area contributed by atoms with E-state index in [2.05, 4.69) is 20.5 Å². The molecule has 2 heterocycles. The second-order valence-corrected chi connectivity index (χ2v) is 4.97. The van der Waals surface area contributed by atoms with Gasteiger partial charge in [0.15, 0.2) is 5.82 Å². The fourth-order valence-corrected chi connectivity index (χ4v) is 1.91. The van der Waals surface area contributed by atoms with Crippen molar-refractivity contribution in [1.82, 2.24) is 15.2 Å².